The van der Waals surface area contributed by atoms with E-state index in [-0.39, 0.29) is 0 Å². The van der Waals surface area contributed by atoms with Crippen molar-refractivity contribution in [1.82, 2.24) is 15.0 Å². The Morgan fingerprint density at radius 2 is 1.90 bits per heavy atom. The number of aromatic nitrogens is 3. The summed E-state index contributed by atoms with van der Waals surface area (Å²) in [6, 6.07) is 11.9. The Hall–Kier alpha value is -2.18. The molecule has 0 unspecified atom stereocenters. The van der Waals surface area contributed by atoms with Gasteiger partial charge in [-0.15, -0.1) is 0 Å². The van der Waals surface area contributed by atoms with E-state index in [0.29, 0.717) is 11.6 Å². The van der Waals surface area contributed by atoms with Crippen LogP contribution >= 0.6 is 11.8 Å². The number of nitrogen functional groups attached to an aromatic ring is 1. The minimum atomic E-state index is 0.687. The first kappa shape index (κ1) is 12.8. The fraction of sp³-hybridized carbons (Fsp3) is 0.0714. The fourth-order valence-corrected chi connectivity index (χ4v) is 2.67. The quantitative estimate of drug-likeness (QED) is 0.332. The number of pyridine rings is 1. The van der Waals surface area contributed by atoms with Crippen molar-refractivity contribution in [2.75, 3.05) is 5.43 Å². The molecule has 0 fully saturated rings. The molecule has 2 heterocycles. The van der Waals surface area contributed by atoms with E-state index in [1.165, 1.54) is 0 Å². The van der Waals surface area contributed by atoms with Gasteiger partial charge >= 0.3 is 0 Å². The van der Waals surface area contributed by atoms with Gasteiger partial charge in [-0.3, -0.25) is 0 Å². The number of nitrogens with two attached hydrogens (primary N) is 1. The van der Waals surface area contributed by atoms with Crippen LogP contribution in [0.5, 0.6) is 0 Å². The number of anilines is 1. The maximum atomic E-state index is 5.56. The van der Waals surface area contributed by atoms with Gasteiger partial charge < -0.3 is 5.43 Å². The van der Waals surface area contributed by atoms with Gasteiger partial charge in [-0.2, -0.15) is 0 Å². The Morgan fingerprint density at radius 3 is 2.70 bits per heavy atom. The van der Waals surface area contributed by atoms with Gasteiger partial charge in [0, 0.05) is 29.1 Å². The predicted octanol–water partition coefficient (Wildman–Crippen LogP) is 2.60. The first-order valence-corrected chi connectivity index (χ1v) is 7.10. The van der Waals surface area contributed by atoms with E-state index in [9.17, 15) is 0 Å². The molecular formula is C14H13N5S. The fourth-order valence-electron chi connectivity index (χ4n) is 1.90. The van der Waals surface area contributed by atoms with Crippen LogP contribution in [0.3, 0.4) is 0 Å². The predicted molar refractivity (Wildman–Crippen MR) is 81.1 cm³/mol. The van der Waals surface area contributed by atoms with Crippen LogP contribution in [0.4, 0.5) is 5.82 Å². The summed E-state index contributed by atoms with van der Waals surface area (Å²) in [5.74, 6) is 6.95. The maximum Gasteiger partial charge on any atom is 0.187 e. The second-order valence-corrected chi connectivity index (χ2v) is 5.10. The van der Waals surface area contributed by atoms with Gasteiger partial charge in [0.05, 0.1) is 5.52 Å². The third-order valence-electron chi connectivity index (χ3n) is 2.84. The first-order valence-electron chi connectivity index (χ1n) is 6.12. The third-order valence-corrected chi connectivity index (χ3v) is 3.76. The van der Waals surface area contributed by atoms with Crippen LogP contribution in [0.15, 0.2) is 53.9 Å². The summed E-state index contributed by atoms with van der Waals surface area (Å²) in [5, 5.41) is 1.83. The Morgan fingerprint density at radius 1 is 1.10 bits per heavy atom. The molecule has 0 aliphatic rings. The molecule has 2 aromatic heterocycles. The number of thioether (sulfide) groups is 1. The average Bonchev–Trinajstić information content (AvgIpc) is 2.53. The maximum absolute atomic E-state index is 5.56. The molecule has 0 spiro atoms. The molecule has 20 heavy (non-hydrogen) atoms. The zero-order valence-corrected chi connectivity index (χ0v) is 11.5. The van der Waals surface area contributed by atoms with Gasteiger partial charge in [0.1, 0.15) is 5.82 Å². The smallest absolute Gasteiger partial charge is 0.187 e. The van der Waals surface area contributed by atoms with Crippen molar-refractivity contribution in [1.29, 1.82) is 0 Å². The summed E-state index contributed by atoms with van der Waals surface area (Å²) in [6.45, 7) is 0. The van der Waals surface area contributed by atoms with E-state index in [0.717, 1.165) is 21.6 Å². The summed E-state index contributed by atoms with van der Waals surface area (Å²) < 4.78 is 0. The molecule has 3 N–H and O–H groups in total. The number of fused-ring (bicyclic) bond motifs is 1. The monoisotopic (exact) mass is 283 g/mol. The van der Waals surface area contributed by atoms with Crippen LogP contribution in [0.2, 0.25) is 0 Å². The molecule has 0 atom stereocenters. The number of benzene rings is 1. The van der Waals surface area contributed by atoms with Crippen molar-refractivity contribution < 1.29 is 0 Å². The first-order chi connectivity index (χ1) is 9.86. The largest absolute Gasteiger partial charge is 0.308 e. The van der Waals surface area contributed by atoms with Crippen molar-refractivity contribution in [3.8, 4) is 0 Å². The molecule has 5 nitrogen and oxygen atoms in total. The summed E-state index contributed by atoms with van der Waals surface area (Å²) >= 11 is 1.55. The molecule has 0 amide bonds. The Kier molecular flexibility index (Phi) is 3.76. The number of hydrazine groups is 1. The minimum Gasteiger partial charge on any atom is -0.308 e. The highest BCUT2D eigenvalue weighted by Crippen LogP contribution is 2.26. The van der Waals surface area contributed by atoms with Crippen LogP contribution in [0.1, 0.15) is 5.56 Å². The SMILES string of the molecule is NNc1nc2ccccc2cc1CSc1ncccn1. The van der Waals surface area contributed by atoms with Crippen LogP contribution in [-0.4, -0.2) is 15.0 Å². The lowest BCUT2D eigenvalue weighted by atomic mass is 10.1. The van der Waals surface area contributed by atoms with E-state index in [1.54, 1.807) is 30.2 Å². The van der Waals surface area contributed by atoms with Crippen molar-refractivity contribution in [2.45, 2.75) is 10.9 Å². The highest BCUT2D eigenvalue weighted by molar-refractivity contribution is 7.98. The van der Waals surface area contributed by atoms with Gasteiger partial charge in [0.2, 0.25) is 0 Å². The molecule has 0 radical (unpaired) electrons. The molecule has 0 saturated heterocycles. The van der Waals surface area contributed by atoms with Crippen LogP contribution in [0.25, 0.3) is 10.9 Å². The van der Waals surface area contributed by atoms with Crippen molar-refractivity contribution in [3.05, 3.63) is 54.4 Å². The minimum absolute atomic E-state index is 0.687. The topological polar surface area (TPSA) is 76.7 Å². The summed E-state index contributed by atoms with van der Waals surface area (Å²) in [7, 11) is 0. The Labute approximate surface area is 120 Å². The highest BCUT2D eigenvalue weighted by atomic mass is 32.2. The molecule has 3 rings (SSSR count). The third kappa shape index (κ3) is 2.71. The molecule has 6 heteroatoms. The summed E-state index contributed by atoms with van der Waals surface area (Å²) in [6.07, 6.45) is 3.46. The number of hydrogen-bond donors (Lipinski definition) is 2. The number of nitrogens with one attached hydrogen (secondary N) is 1. The van der Waals surface area contributed by atoms with Gasteiger partial charge in [-0.05, 0) is 18.2 Å². The zero-order valence-electron chi connectivity index (χ0n) is 10.7. The lowest BCUT2D eigenvalue weighted by Crippen LogP contribution is -2.11. The molecule has 100 valence electrons. The second kappa shape index (κ2) is 5.85. The Bertz CT molecular complexity index is 717. The van der Waals surface area contributed by atoms with Gasteiger partial charge in [-0.25, -0.2) is 20.8 Å². The molecule has 3 aromatic rings. The standard InChI is InChI=1S/C14H13N5S/c15-19-13-11(9-20-14-16-6-3-7-17-14)8-10-4-1-2-5-12(10)18-13/h1-8H,9,15H2,(H,18,19). The van der Waals surface area contributed by atoms with E-state index >= 15 is 0 Å². The van der Waals surface area contributed by atoms with Crippen LogP contribution in [-0.2, 0) is 5.75 Å². The van der Waals surface area contributed by atoms with E-state index in [1.807, 2.05) is 24.3 Å². The zero-order chi connectivity index (χ0) is 13.8. The van der Waals surface area contributed by atoms with Gasteiger partial charge in [0.25, 0.3) is 0 Å². The molecule has 0 aliphatic carbocycles. The molecule has 0 aliphatic heterocycles. The van der Waals surface area contributed by atoms with Crippen LogP contribution in [0, 0.1) is 0 Å². The van der Waals surface area contributed by atoms with Crippen molar-refractivity contribution in [2.24, 2.45) is 5.84 Å². The number of rotatable bonds is 4. The normalized spacial score (nSPS) is 10.7. The Balaban J connectivity index is 1.90. The molecule has 0 saturated carbocycles. The van der Waals surface area contributed by atoms with Crippen LogP contribution < -0.4 is 11.3 Å². The van der Waals surface area contributed by atoms with Crippen molar-refractivity contribution >= 4 is 28.5 Å². The van der Waals surface area contributed by atoms with Crippen molar-refractivity contribution in [3.63, 3.8) is 0 Å². The number of nitrogens with zero attached hydrogens (tertiary/aromatic N) is 3. The van der Waals surface area contributed by atoms with Gasteiger partial charge in [0.15, 0.2) is 5.16 Å². The van der Waals surface area contributed by atoms with E-state index in [2.05, 4.69) is 26.4 Å². The molecule has 1 aromatic carbocycles. The highest BCUT2D eigenvalue weighted by Gasteiger charge is 2.07. The number of hydrogen-bond acceptors (Lipinski definition) is 6. The second-order valence-electron chi connectivity index (χ2n) is 4.15. The lowest BCUT2D eigenvalue weighted by molar-refractivity contribution is 0.966. The average molecular weight is 283 g/mol. The lowest BCUT2D eigenvalue weighted by Gasteiger charge is -2.09. The number of para-hydroxylation sites is 1. The van der Waals surface area contributed by atoms with Gasteiger partial charge in [-0.1, -0.05) is 30.0 Å². The van der Waals surface area contributed by atoms with E-state index in [4.69, 9.17) is 5.84 Å². The van der Waals surface area contributed by atoms with E-state index < -0.39 is 0 Å². The summed E-state index contributed by atoms with van der Waals surface area (Å²) in [5.41, 5.74) is 4.61. The summed E-state index contributed by atoms with van der Waals surface area (Å²) in [4.78, 5) is 12.9. The molecular weight excluding hydrogens is 270 g/mol. The molecule has 0 bridgehead atoms.